The number of likely N-dealkylation sites (N-methyl/N-ethyl adjacent to an activating group) is 1. The fourth-order valence-electron chi connectivity index (χ4n) is 2.52. The molecular weight excluding hydrogens is 320 g/mol. The molecule has 0 unspecified atom stereocenters. The molecule has 0 radical (unpaired) electrons. The van der Waals surface area contributed by atoms with E-state index >= 15 is 0 Å². The van der Waals surface area contributed by atoms with Crippen LogP contribution >= 0.6 is 0 Å². The highest BCUT2D eigenvalue weighted by molar-refractivity contribution is 5.99. The van der Waals surface area contributed by atoms with Gasteiger partial charge in [-0.05, 0) is 42.3 Å². The molecule has 1 heterocycles. The molecule has 0 atom stereocenters. The van der Waals surface area contributed by atoms with Gasteiger partial charge in [0.25, 0.3) is 11.8 Å². The van der Waals surface area contributed by atoms with Gasteiger partial charge in [0.05, 0.1) is 5.69 Å². The monoisotopic (exact) mass is 340 g/mol. The fraction of sp³-hybridized carbons (Fsp3) is 0.263. The fourth-order valence-corrected chi connectivity index (χ4v) is 2.52. The summed E-state index contributed by atoms with van der Waals surface area (Å²) in [4.78, 5) is 25.3. The van der Waals surface area contributed by atoms with Gasteiger partial charge in [-0.25, -0.2) is 0 Å². The second-order valence-electron chi connectivity index (χ2n) is 5.76. The molecule has 25 heavy (non-hydrogen) atoms. The van der Waals surface area contributed by atoms with Crippen molar-refractivity contribution in [2.45, 2.75) is 13.3 Å². The van der Waals surface area contributed by atoms with Crippen LogP contribution in [0.5, 0.6) is 11.5 Å². The number of carbonyl (C=O) groups is 2. The minimum Gasteiger partial charge on any atom is -0.484 e. The molecule has 0 bridgehead atoms. The van der Waals surface area contributed by atoms with Crippen LogP contribution in [0.2, 0.25) is 0 Å². The smallest absolute Gasteiger partial charge is 0.264 e. The highest BCUT2D eigenvalue weighted by atomic mass is 16.5. The Bertz CT molecular complexity index is 787. The Balaban J connectivity index is 1.60. The number of fused-ring (bicyclic) bond motifs is 1. The summed E-state index contributed by atoms with van der Waals surface area (Å²) in [7, 11) is 1.68. The molecule has 6 heteroatoms. The lowest BCUT2D eigenvalue weighted by Crippen LogP contribution is -2.35. The Kier molecular flexibility index (Phi) is 4.88. The van der Waals surface area contributed by atoms with Crippen molar-refractivity contribution in [2.24, 2.45) is 0 Å². The maximum absolute atomic E-state index is 12.1. The molecule has 0 spiro atoms. The average Bonchev–Trinajstić information content (AvgIpc) is 2.64. The molecule has 130 valence electrons. The Labute approximate surface area is 146 Å². The first kappa shape index (κ1) is 16.8. The number of benzene rings is 2. The van der Waals surface area contributed by atoms with Crippen molar-refractivity contribution in [3.8, 4) is 11.5 Å². The molecule has 0 aliphatic carbocycles. The van der Waals surface area contributed by atoms with E-state index in [-0.39, 0.29) is 25.0 Å². The standard InChI is InChI=1S/C19H20N2O4/c1-3-13-4-7-15(8-5-13)24-11-18(22)20-14-6-9-17-16(10-14)21(2)19(23)12-25-17/h4-10H,3,11-12H2,1-2H3,(H,20,22). The van der Waals surface area contributed by atoms with E-state index in [1.165, 1.54) is 10.5 Å². The van der Waals surface area contributed by atoms with Gasteiger partial charge in [0.15, 0.2) is 13.2 Å². The zero-order valence-electron chi connectivity index (χ0n) is 14.2. The number of anilines is 2. The van der Waals surface area contributed by atoms with Gasteiger partial charge in [0.2, 0.25) is 0 Å². The Morgan fingerprint density at radius 1 is 1.24 bits per heavy atom. The molecule has 3 rings (SSSR count). The summed E-state index contributed by atoms with van der Waals surface area (Å²) in [5, 5.41) is 2.76. The minimum absolute atomic E-state index is 0.0276. The first-order valence-corrected chi connectivity index (χ1v) is 8.12. The van der Waals surface area contributed by atoms with Gasteiger partial charge in [-0.3, -0.25) is 9.59 Å². The van der Waals surface area contributed by atoms with E-state index in [9.17, 15) is 9.59 Å². The average molecular weight is 340 g/mol. The number of nitrogens with zero attached hydrogens (tertiary/aromatic N) is 1. The van der Waals surface area contributed by atoms with E-state index < -0.39 is 0 Å². The zero-order valence-corrected chi connectivity index (χ0v) is 14.2. The van der Waals surface area contributed by atoms with E-state index in [0.717, 1.165) is 6.42 Å². The first-order valence-electron chi connectivity index (χ1n) is 8.12. The van der Waals surface area contributed by atoms with Gasteiger partial charge in [0.1, 0.15) is 11.5 Å². The van der Waals surface area contributed by atoms with Gasteiger partial charge in [-0.2, -0.15) is 0 Å². The van der Waals surface area contributed by atoms with Crippen LogP contribution in [-0.4, -0.2) is 32.1 Å². The lowest BCUT2D eigenvalue weighted by Gasteiger charge is -2.26. The predicted octanol–water partition coefficient (Wildman–Crippen LogP) is 2.62. The number of hydrogen-bond acceptors (Lipinski definition) is 4. The predicted molar refractivity (Wildman–Crippen MR) is 95.3 cm³/mol. The Morgan fingerprint density at radius 2 is 2.00 bits per heavy atom. The highest BCUT2D eigenvalue weighted by Gasteiger charge is 2.22. The van der Waals surface area contributed by atoms with Gasteiger partial charge < -0.3 is 19.7 Å². The van der Waals surface area contributed by atoms with Crippen LogP contribution in [0.25, 0.3) is 0 Å². The van der Waals surface area contributed by atoms with Crippen LogP contribution in [0, 0.1) is 0 Å². The number of amides is 2. The summed E-state index contributed by atoms with van der Waals surface area (Å²) < 4.78 is 10.9. The zero-order chi connectivity index (χ0) is 17.8. The van der Waals surface area contributed by atoms with Crippen LogP contribution in [0.15, 0.2) is 42.5 Å². The summed E-state index contributed by atoms with van der Waals surface area (Å²) in [5.41, 5.74) is 2.43. The number of nitrogens with one attached hydrogen (secondary N) is 1. The van der Waals surface area contributed by atoms with Gasteiger partial charge in [-0.15, -0.1) is 0 Å². The normalized spacial score (nSPS) is 13.0. The summed E-state index contributed by atoms with van der Waals surface area (Å²) in [6, 6.07) is 12.8. The Hall–Kier alpha value is -3.02. The number of aryl methyl sites for hydroxylation is 1. The van der Waals surface area contributed by atoms with Crippen molar-refractivity contribution >= 4 is 23.2 Å². The number of ether oxygens (including phenoxy) is 2. The second kappa shape index (κ2) is 7.25. The first-order chi connectivity index (χ1) is 12.1. The molecule has 2 amide bonds. The maximum atomic E-state index is 12.1. The summed E-state index contributed by atoms with van der Waals surface area (Å²) in [5.74, 6) is 0.865. The van der Waals surface area contributed by atoms with E-state index in [1.807, 2.05) is 24.3 Å². The van der Waals surface area contributed by atoms with Crippen LogP contribution in [0.1, 0.15) is 12.5 Å². The van der Waals surface area contributed by atoms with Crippen molar-refractivity contribution in [3.05, 3.63) is 48.0 Å². The molecule has 1 aliphatic rings. The van der Waals surface area contributed by atoms with E-state index in [2.05, 4.69) is 12.2 Å². The van der Waals surface area contributed by atoms with Crippen molar-refractivity contribution in [2.75, 3.05) is 30.5 Å². The van der Waals surface area contributed by atoms with Crippen LogP contribution in [0.4, 0.5) is 11.4 Å². The van der Waals surface area contributed by atoms with Crippen molar-refractivity contribution < 1.29 is 19.1 Å². The maximum Gasteiger partial charge on any atom is 0.264 e. The third kappa shape index (κ3) is 3.91. The van der Waals surface area contributed by atoms with Crippen molar-refractivity contribution in [3.63, 3.8) is 0 Å². The molecular formula is C19H20N2O4. The molecule has 0 saturated carbocycles. The molecule has 0 aromatic heterocycles. The van der Waals surface area contributed by atoms with Gasteiger partial charge in [-0.1, -0.05) is 19.1 Å². The van der Waals surface area contributed by atoms with Crippen molar-refractivity contribution in [1.29, 1.82) is 0 Å². The number of carbonyl (C=O) groups excluding carboxylic acids is 2. The lowest BCUT2D eigenvalue weighted by atomic mass is 10.2. The Morgan fingerprint density at radius 3 is 2.72 bits per heavy atom. The highest BCUT2D eigenvalue weighted by Crippen LogP contribution is 2.33. The van der Waals surface area contributed by atoms with E-state index in [1.54, 1.807) is 25.2 Å². The van der Waals surface area contributed by atoms with Crippen LogP contribution < -0.4 is 19.7 Å². The summed E-state index contributed by atoms with van der Waals surface area (Å²) in [6.07, 6.45) is 0.958. The molecule has 1 N–H and O–H groups in total. The second-order valence-corrected chi connectivity index (χ2v) is 5.76. The molecule has 2 aromatic rings. The van der Waals surface area contributed by atoms with Gasteiger partial charge in [0, 0.05) is 12.7 Å². The van der Waals surface area contributed by atoms with Crippen molar-refractivity contribution in [1.82, 2.24) is 0 Å². The summed E-state index contributed by atoms with van der Waals surface area (Å²) in [6.45, 7) is 2.02. The molecule has 0 fully saturated rings. The topological polar surface area (TPSA) is 67.9 Å². The molecule has 1 aliphatic heterocycles. The molecule has 2 aromatic carbocycles. The van der Waals surface area contributed by atoms with Gasteiger partial charge >= 0.3 is 0 Å². The third-order valence-corrected chi connectivity index (χ3v) is 4.03. The molecule has 0 saturated heterocycles. The van der Waals surface area contributed by atoms with E-state index in [0.29, 0.717) is 22.9 Å². The van der Waals surface area contributed by atoms with Crippen LogP contribution in [-0.2, 0) is 16.0 Å². The minimum atomic E-state index is -0.273. The lowest BCUT2D eigenvalue weighted by molar-refractivity contribution is -0.121. The SMILES string of the molecule is CCc1ccc(OCC(=O)Nc2ccc3c(c2)N(C)C(=O)CO3)cc1. The molecule has 6 nitrogen and oxygen atoms in total. The van der Waals surface area contributed by atoms with Crippen LogP contribution in [0.3, 0.4) is 0 Å². The third-order valence-electron chi connectivity index (χ3n) is 4.03. The summed E-state index contributed by atoms with van der Waals surface area (Å²) >= 11 is 0. The largest absolute Gasteiger partial charge is 0.484 e. The number of rotatable bonds is 5. The quantitative estimate of drug-likeness (QED) is 0.908. The number of hydrogen-bond donors (Lipinski definition) is 1. The van der Waals surface area contributed by atoms with E-state index in [4.69, 9.17) is 9.47 Å².